The molecule has 0 unspecified atom stereocenters. The van der Waals surface area contributed by atoms with Crippen molar-refractivity contribution in [2.75, 3.05) is 30.7 Å². The summed E-state index contributed by atoms with van der Waals surface area (Å²) in [6, 6.07) is 5.01. The van der Waals surface area contributed by atoms with Crippen molar-refractivity contribution in [2.24, 2.45) is 11.7 Å². The van der Waals surface area contributed by atoms with Gasteiger partial charge < -0.3 is 26.4 Å². The number of amides is 2. The maximum Gasteiger partial charge on any atom is 0.410 e. The fourth-order valence-electron chi connectivity index (χ4n) is 2.78. The van der Waals surface area contributed by atoms with Crippen molar-refractivity contribution in [3.8, 4) is 0 Å². The van der Waals surface area contributed by atoms with Crippen molar-refractivity contribution >= 4 is 23.4 Å². The molecule has 1 saturated heterocycles. The molecule has 5 N–H and O–H groups in total. The minimum absolute atomic E-state index is 0.245. The van der Waals surface area contributed by atoms with E-state index in [1.807, 2.05) is 20.8 Å². The molecule has 0 bridgehead atoms. The summed E-state index contributed by atoms with van der Waals surface area (Å²) < 4.78 is 5.41. The van der Waals surface area contributed by atoms with Crippen LogP contribution in [-0.4, -0.2) is 42.1 Å². The summed E-state index contributed by atoms with van der Waals surface area (Å²) in [5.74, 6) is -0.0401. The van der Waals surface area contributed by atoms with Gasteiger partial charge in [-0.2, -0.15) is 0 Å². The van der Waals surface area contributed by atoms with E-state index in [1.165, 1.54) is 0 Å². The number of piperidine rings is 1. The molecule has 7 heteroatoms. The number of anilines is 2. The predicted molar refractivity (Wildman–Crippen MR) is 98.4 cm³/mol. The fraction of sp³-hybridized carbons (Fsp3) is 0.556. The molecule has 1 fully saturated rings. The third-order valence-electron chi connectivity index (χ3n) is 4.18. The highest BCUT2D eigenvalue weighted by Crippen LogP contribution is 2.23. The van der Waals surface area contributed by atoms with Gasteiger partial charge in [0.05, 0.1) is 11.4 Å². The number of nitrogen functional groups attached to an aromatic ring is 1. The van der Waals surface area contributed by atoms with Crippen LogP contribution in [-0.2, 0) is 4.74 Å². The summed E-state index contributed by atoms with van der Waals surface area (Å²) in [5.41, 5.74) is 12.4. The smallest absolute Gasteiger partial charge is 0.410 e. The number of nitrogens with one attached hydrogen (secondary N) is 1. The molecule has 0 spiro atoms. The van der Waals surface area contributed by atoms with Gasteiger partial charge in [-0.25, -0.2) is 4.79 Å². The summed E-state index contributed by atoms with van der Waals surface area (Å²) in [6.07, 6.45) is 1.57. The van der Waals surface area contributed by atoms with Gasteiger partial charge in [0.2, 0.25) is 5.91 Å². The van der Waals surface area contributed by atoms with Crippen LogP contribution in [0.3, 0.4) is 0 Å². The number of nitrogens with two attached hydrogens (primary N) is 2. The van der Waals surface area contributed by atoms with E-state index in [9.17, 15) is 9.59 Å². The lowest BCUT2D eigenvalue weighted by Gasteiger charge is -2.33. The monoisotopic (exact) mass is 348 g/mol. The van der Waals surface area contributed by atoms with E-state index in [-0.39, 0.29) is 6.09 Å². The molecule has 0 aliphatic carbocycles. The van der Waals surface area contributed by atoms with Gasteiger partial charge in [0.15, 0.2) is 0 Å². The van der Waals surface area contributed by atoms with Crippen LogP contribution in [0.4, 0.5) is 16.2 Å². The highest BCUT2D eigenvalue weighted by Gasteiger charge is 2.26. The van der Waals surface area contributed by atoms with E-state index < -0.39 is 11.5 Å². The summed E-state index contributed by atoms with van der Waals surface area (Å²) in [4.78, 5) is 25.0. The molecule has 1 aliphatic rings. The van der Waals surface area contributed by atoms with Crippen LogP contribution in [0, 0.1) is 5.92 Å². The Balaban J connectivity index is 1.81. The molecule has 25 heavy (non-hydrogen) atoms. The zero-order chi connectivity index (χ0) is 18.6. The number of hydrogen-bond donors (Lipinski definition) is 3. The first-order valence-corrected chi connectivity index (χ1v) is 8.57. The lowest BCUT2D eigenvalue weighted by Crippen LogP contribution is -2.42. The number of carbonyl (C=O) groups excluding carboxylic acids is 2. The Kier molecular flexibility index (Phi) is 5.77. The topological polar surface area (TPSA) is 111 Å². The highest BCUT2D eigenvalue weighted by atomic mass is 16.6. The third-order valence-corrected chi connectivity index (χ3v) is 4.18. The van der Waals surface area contributed by atoms with E-state index in [2.05, 4.69) is 5.32 Å². The number of primary amides is 1. The van der Waals surface area contributed by atoms with Crippen LogP contribution in [0.1, 0.15) is 44.0 Å². The summed E-state index contributed by atoms with van der Waals surface area (Å²) in [7, 11) is 0. The molecule has 0 atom stereocenters. The second-order valence-corrected chi connectivity index (χ2v) is 7.46. The van der Waals surface area contributed by atoms with E-state index in [1.54, 1.807) is 23.1 Å². The second kappa shape index (κ2) is 7.63. The van der Waals surface area contributed by atoms with Crippen molar-refractivity contribution in [3.05, 3.63) is 23.8 Å². The minimum atomic E-state index is -0.493. The van der Waals surface area contributed by atoms with E-state index in [4.69, 9.17) is 16.2 Å². The predicted octanol–water partition coefficient (Wildman–Crippen LogP) is 2.43. The van der Waals surface area contributed by atoms with Gasteiger partial charge in [0.1, 0.15) is 5.60 Å². The molecule has 7 nitrogen and oxygen atoms in total. The van der Waals surface area contributed by atoms with Gasteiger partial charge in [0, 0.05) is 25.2 Å². The molecule has 1 aliphatic heterocycles. The zero-order valence-electron chi connectivity index (χ0n) is 15.2. The molecule has 1 heterocycles. The van der Waals surface area contributed by atoms with E-state index >= 15 is 0 Å². The van der Waals surface area contributed by atoms with E-state index in [0.29, 0.717) is 30.3 Å². The van der Waals surface area contributed by atoms with Crippen molar-refractivity contribution in [1.29, 1.82) is 0 Å². The number of ether oxygens (including phenoxy) is 1. The summed E-state index contributed by atoms with van der Waals surface area (Å²) >= 11 is 0. The molecule has 0 aromatic heterocycles. The molecule has 0 saturated carbocycles. The van der Waals surface area contributed by atoms with Crippen molar-refractivity contribution < 1.29 is 14.3 Å². The van der Waals surface area contributed by atoms with Crippen LogP contribution in [0.2, 0.25) is 0 Å². The van der Waals surface area contributed by atoms with Gasteiger partial charge in [-0.15, -0.1) is 0 Å². The maximum atomic E-state index is 12.1. The number of carbonyl (C=O) groups is 2. The average Bonchev–Trinajstić information content (AvgIpc) is 2.52. The molecule has 138 valence electrons. The maximum absolute atomic E-state index is 12.1. The number of hydrogen-bond acceptors (Lipinski definition) is 5. The minimum Gasteiger partial charge on any atom is -0.444 e. The Morgan fingerprint density at radius 2 is 1.92 bits per heavy atom. The Morgan fingerprint density at radius 1 is 1.28 bits per heavy atom. The second-order valence-electron chi connectivity index (χ2n) is 7.46. The van der Waals surface area contributed by atoms with Crippen molar-refractivity contribution in [2.45, 2.75) is 39.2 Å². The number of benzene rings is 1. The van der Waals surface area contributed by atoms with Crippen molar-refractivity contribution in [3.63, 3.8) is 0 Å². The van der Waals surface area contributed by atoms with Gasteiger partial charge in [0.25, 0.3) is 0 Å². The first-order chi connectivity index (χ1) is 11.7. The quantitative estimate of drug-likeness (QED) is 0.724. The van der Waals surface area contributed by atoms with E-state index in [0.717, 1.165) is 25.1 Å². The van der Waals surface area contributed by atoms with Crippen LogP contribution >= 0.6 is 0 Å². The van der Waals surface area contributed by atoms with Crippen LogP contribution < -0.4 is 16.8 Å². The van der Waals surface area contributed by atoms with Crippen LogP contribution in [0.25, 0.3) is 0 Å². The SMILES string of the molecule is CC(C)(C)OC(=O)N1CCC(CNc2ccc(C(N)=O)cc2N)CC1. The molecule has 1 aromatic rings. The normalized spacial score (nSPS) is 15.7. The largest absolute Gasteiger partial charge is 0.444 e. The Hall–Kier alpha value is -2.44. The first-order valence-electron chi connectivity index (χ1n) is 8.57. The molecule has 0 radical (unpaired) electrons. The van der Waals surface area contributed by atoms with Gasteiger partial charge in [-0.3, -0.25) is 4.79 Å². The lowest BCUT2D eigenvalue weighted by molar-refractivity contribution is 0.0188. The Morgan fingerprint density at radius 3 is 2.44 bits per heavy atom. The molecule has 2 amide bonds. The van der Waals surface area contributed by atoms with Gasteiger partial charge in [-0.05, 0) is 57.7 Å². The molecule has 1 aromatic carbocycles. The van der Waals surface area contributed by atoms with Gasteiger partial charge >= 0.3 is 6.09 Å². The molecular weight excluding hydrogens is 320 g/mol. The zero-order valence-corrected chi connectivity index (χ0v) is 15.2. The standard InChI is InChI=1S/C18H28N4O3/c1-18(2,3)25-17(24)22-8-6-12(7-9-22)11-21-15-5-4-13(16(20)23)10-14(15)19/h4-5,10,12,21H,6-9,11,19H2,1-3H3,(H2,20,23). The number of nitrogens with zero attached hydrogens (tertiary/aromatic N) is 1. The van der Waals surface area contributed by atoms with Crippen LogP contribution in [0.15, 0.2) is 18.2 Å². The average molecular weight is 348 g/mol. The molecular formula is C18H28N4O3. The van der Waals surface area contributed by atoms with Crippen LogP contribution in [0.5, 0.6) is 0 Å². The Bertz CT molecular complexity index is 632. The molecule has 2 rings (SSSR count). The van der Waals surface area contributed by atoms with Gasteiger partial charge in [-0.1, -0.05) is 0 Å². The fourth-order valence-corrected chi connectivity index (χ4v) is 2.78. The number of rotatable bonds is 4. The summed E-state index contributed by atoms with van der Waals surface area (Å²) in [6.45, 7) is 7.76. The lowest BCUT2D eigenvalue weighted by atomic mass is 9.97. The summed E-state index contributed by atoms with van der Waals surface area (Å²) in [5, 5.41) is 3.32. The Labute approximate surface area is 148 Å². The third kappa shape index (κ3) is 5.55. The highest BCUT2D eigenvalue weighted by molar-refractivity contribution is 5.94. The number of likely N-dealkylation sites (tertiary alicyclic amines) is 1. The first kappa shape index (κ1) is 18.9. The van der Waals surface area contributed by atoms with Crippen molar-refractivity contribution in [1.82, 2.24) is 4.90 Å².